The van der Waals surface area contributed by atoms with E-state index in [2.05, 4.69) is 10.3 Å². The van der Waals surface area contributed by atoms with Gasteiger partial charge >= 0.3 is 5.97 Å². The molecule has 1 aromatic heterocycles. The number of carboxylic acid groups (broad SMARTS) is 1. The van der Waals surface area contributed by atoms with Crippen molar-refractivity contribution in [2.75, 3.05) is 23.4 Å². The van der Waals surface area contributed by atoms with E-state index in [0.29, 0.717) is 23.9 Å². The van der Waals surface area contributed by atoms with Crippen LogP contribution in [-0.2, 0) is 10.8 Å². The number of carbonyl (C=O) groups is 1. The van der Waals surface area contributed by atoms with E-state index >= 15 is 0 Å². The lowest BCUT2D eigenvalue weighted by Crippen LogP contribution is -2.13. The lowest BCUT2D eigenvalue weighted by molar-refractivity contribution is 0.0691. The highest BCUT2D eigenvalue weighted by Gasteiger charge is 2.11. The minimum atomic E-state index is -1.17. The number of carboxylic acids is 1. The molecule has 0 aliphatic heterocycles. The molecule has 1 heterocycles. The fourth-order valence-corrected chi connectivity index (χ4v) is 1.93. The molecule has 0 aliphatic rings. The number of anilines is 1. The molecular formula is C10H13ClN2O3S. The van der Waals surface area contributed by atoms with Gasteiger partial charge in [-0.05, 0) is 12.1 Å². The first-order valence-electron chi connectivity index (χ1n) is 5.03. The molecule has 0 aliphatic carbocycles. The van der Waals surface area contributed by atoms with Crippen LogP contribution in [-0.4, -0.2) is 38.3 Å². The van der Waals surface area contributed by atoms with Gasteiger partial charge in [-0.1, -0.05) is 18.5 Å². The molecule has 5 nitrogen and oxygen atoms in total. The van der Waals surface area contributed by atoms with E-state index in [-0.39, 0.29) is 10.7 Å². The molecule has 2 N–H and O–H groups in total. The van der Waals surface area contributed by atoms with Crippen LogP contribution in [0.3, 0.4) is 0 Å². The number of hydrogen-bond acceptors (Lipinski definition) is 4. The second-order valence-electron chi connectivity index (χ2n) is 3.19. The van der Waals surface area contributed by atoms with E-state index in [1.807, 2.05) is 6.92 Å². The highest BCUT2D eigenvalue weighted by atomic mass is 35.5. The topological polar surface area (TPSA) is 79.3 Å². The molecule has 7 heteroatoms. The summed E-state index contributed by atoms with van der Waals surface area (Å²) in [7, 11) is -0.852. The van der Waals surface area contributed by atoms with Gasteiger partial charge in [0.25, 0.3) is 0 Å². The minimum Gasteiger partial charge on any atom is -0.476 e. The van der Waals surface area contributed by atoms with Crippen molar-refractivity contribution in [3.05, 3.63) is 22.8 Å². The predicted octanol–water partition coefficient (Wildman–Crippen LogP) is 1.61. The molecule has 0 saturated carbocycles. The average molecular weight is 277 g/mol. The van der Waals surface area contributed by atoms with Crippen molar-refractivity contribution in [2.24, 2.45) is 0 Å². The number of aromatic nitrogens is 1. The van der Waals surface area contributed by atoms with E-state index in [1.165, 1.54) is 6.07 Å². The van der Waals surface area contributed by atoms with Gasteiger partial charge in [0.2, 0.25) is 0 Å². The number of halogens is 1. The van der Waals surface area contributed by atoms with E-state index in [1.54, 1.807) is 6.07 Å². The number of aromatic carboxylic acids is 1. The molecule has 0 saturated heterocycles. The quantitative estimate of drug-likeness (QED) is 0.825. The minimum absolute atomic E-state index is 0.0974. The Labute approximate surface area is 107 Å². The van der Waals surface area contributed by atoms with Gasteiger partial charge in [0.15, 0.2) is 5.69 Å². The van der Waals surface area contributed by atoms with Crippen LogP contribution < -0.4 is 5.32 Å². The summed E-state index contributed by atoms with van der Waals surface area (Å²) >= 11 is 5.68. The lowest BCUT2D eigenvalue weighted by atomic mass is 10.3. The van der Waals surface area contributed by atoms with Crippen LogP contribution in [0.2, 0.25) is 5.02 Å². The Morgan fingerprint density at radius 1 is 1.59 bits per heavy atom. The van der Waals surface area contributed by atoms with Gasteiger partial charge in [-0.25, -0.2) is 9.78 Å². The molecule has 0 aromatic carbocycles. The van der Waals surface area contributed by atoms with E-state index in [0.717, 1.165) is 0 Å². The molecule has 0 amide bonds. The van der Waals surface area contributed by atoms with Crippen molar-refractivity contribution in [3.8, 4) is 0 Å². The smallest absolute Gasteiger partial charge is 0.356 e. The van der Waals surface area contributed by atoms with Gasteiger partial charge in [-0.2, -0.15) is 0 Å². The third kappa shape index (κ3) is 4.32. The molecule has 1 atom stereocenters. The zero-order chi connectivity index (χ0) is 12.8. The molecule has 1 unspecified atom stereocenters. The van der Waals surface area contributed by atoms with Crippen molar-refractivity contribution in [1.29, 1.82) is 0 Å². The Hall–Kier alpha value is -1.14. The number of pyridine rings is 1. The Kier molecular flexibility index (Phi) is 5.37. The van der Waals surface area contributed by atoms with Crippen molar-refractivity contribution in [1.82, 2.24) is 4.98 Å². The van der Waals surface area contributed by atoms with Gasteiger partial charge in [-0.15, -0.1) is 0 Å². The van der Waals surface area contributed by atoms with Gasteiger partial charge in [-0.3, -0.25) is 4.21 Å². The summed E-state index contributed by atoms with van der Waals surface area (Å²) in [5, 5.41) is 11.8. The van der Waals surface area contributed by atoms with Gasteiger partial charge in [0, 0.05) is 28.9 Å². The summed E-state index contributed by atoms with van der Waals surface area (Å²) in [6.07, 6.45) is 0. The van der Waals surface area contributed by atoms with Gasteiger partial charge < -0.3 is 10.4 Å². The molecule has 0 bridgehead atoms. The Bertz CT molecular complexity index is 440. The molecular weight excluding hydrogens is 264 g/mol. The molecule has 17 heavy (non-hydrogen) atoms. The van der Waals surface area contributed by atoms with Crippen molar-refractivity contribution in [2.45, 2.75) is 6.92 Å². The maximum absolute atomic E-state index is 11.2. The number of rotatable bonds is 6. The highest BCUT2D eigenvalue weighted by Crippen LogP contribution is 2.16. The Morgan fingerprint density at radius 2 is 2.29 bits per heavy atom. The van der Waals surface area contributed by atoms with Crippen LogP contribution in [0, 0.1) is 0 Å². The zero-order valence-electron chi connectivity index (χ0n) is 9.27. The van der Waals surface area contributed by atoms with Crippen molar-refractivity contribution < 1.29 is 14.1 Å². The Morgan fingerprint density at radius 3 is 2.88 bits per heavy atom. The van der Waals surface area contributed by atoms with Crippen LogP contribution >= 0.6 is 11.6 Å². The van der Waals surface area contributed by atoms with Crippen LogP contribution in [0.1, 0.15) is 17.4 Å². The summed E-state index contributed by atoms with van der Waals surface area (Å²) in [4.78, 5) is 14.6. The monoisotopic (exact) mass is 276 g/mol. The van der Waals surface area contributed by atoms with Crippen LogP contribution in [0.15, 0.2) is 12.1 Å². The largest absolute Gasteiger partial charge is 0.476 e. The first-order chi connectivity index (χ1) is 8.04. The van der Waals surface area contributed by atoms with E-state index in [4.69, 9.17) is 16.7 Å². The number of nitrogens with one attached hydrogen (secondary N) is 1. The number of nitrogens with zero attached hydrogens (tertiary/aromatic N) is 1. The molecule has 0 fully saturated rings. The normalized spacial score (nSPS) is 12.1. The molecule has 1 rings (SSSR count). The van der Waals surface area contributed by atoms with E-state index < -0.39 is 16.8 Å². The fraction of sp³-hybridized carbons (Fsp3) is 0.400. The highest BCUT2D eigenvalue weighted by molar-refractivity contribution is 7.84. The summed E-state index contributed by atoms with van der Waals surface area (Å²) in [5.41, 5.74) is -0.187. The molecule has 0 spiro atoms. The van der Waals surface area contributed by atoms with Crippen molar-refractivity contribution in [3.63, 3.8) is 0 Å². The van der Waals surface area contributed by atoms with Crippen LogP contribution in [0.4, 0.5) is 5.82 Å². The summed E-state index contributed by atoms with van der Waals surface area (Å²) < 4.78 is 11.2. The molecule has 0 radical (unpaired) electrons. The first-order valence-corrected chi connectivity index (χ1v) is 6.90. The van der Waals surface area contributed by atoms with Crippen LogP contribution in [0.25, 0.3) is 0 Å². The molecule has 94 valence electrons. The Balaban J connectivity index is 2.63. The second-order valence-corrected chi connectivity index (χ2v) is 5.46. The standard InChI is InChI=1S/C10H13ClN2O3S/c1-2-17(16)6-5-12-8-4-3-7(11)9(13-8)10(14)15/h3-4H,2,5-6H2,1H3,(H,12,13)(H,14,15). The molecule has 1 aromatic rings. The second kappa shape index (κ2) is 6.56. The van der Waals surface area contributed by atoms with Gasteiger partial charge in [0.05, 0.1) is 5.02 Å². The SMILES string of the molecule is CCS(=O)CCNc1ccc(Cl)c(C(=O)O)n1. The fourth-order valence-electron chi connectivity index (χ4n) is 1.13. The maximum atomic E-state index is 11.2. The van der Waals surface area contributed by atoms with E-state index in [9.17, 15) is 9.00 Å². The summed E-state index contributed by atoms with van der Waals surface area (Å²) in [6, 6.07) is 3.06. The lowest BCUT2D eigenvalue weighted by Gasteiger charge is -2.06. The average Bonchev–Trinajstić information content (AvgIpc) is 2.30. The first kappa shape index (κ1) is 13.9. The maximum Gasteiger partial charge on any atom is 0.356 e. The third-order valence-corrected chi connectivity index (χ3v) is 3.61. The van der Waals surface area contributed by atoms with Crippen molar-refractivity contribution >= 4 is 34.2 Å². The summed E-state index contributed by atoms with van der Waals surface area (Å²) in [6.45, 7) is 2.33. The third-order valence-electron chi connectivity index (χ3n) is 2.01. The predicted molar refractivity (Wildman–Crippen MR) is 68.2 cm³/mol. The van der Waals surface area contributed by atoms with Crippen LogP contribution in [0.5, 0.6) is 0 Å². The number of hydrogen-bond donors (Lipinski definition) is 2. The zero-order valence-corrected chi connectivity index (χ0v) is 10.8. The van der Waals surface area contributed by atoms with Gasteiger partial charge in [0.1, 0.15) is 5.82 Å². The summed E-state index contributed by atoms with van der Waals surface area (Å²) in [5.74, 6) is 0.356.